The van der Waals surface area contributed by atoms with Crippen LogP contribution in [0, 0.1) is 0 Å². The van der Waals surface area contributed by atoms with Crippen molar-refractivity contribution in [3.63, 3.8) is 0 Å². The Labute approximate surface area is 163 Å². The first-order valence-electron chi connectivity index (χ1n) is 8.89. The van der Waals surface area contributed by atoms with E-state index in [0.29, 0.717) is 30.2 Å². The summed E-state index contributed by atoms with van der Waals surface area (Å²) in [5, 5.41) is 9.86. The van der Waals surface area contributed by atoms with Crippen molar-refractivity contribution < 1.29 is 28.8 Å². The van der Waals surface area contributed by atoms with E-state index in [1.165, 1.54) is 7.11 Å². The molecular weight excluding hydrogens is 364 g/mol. The number of hydrogen-bond acceptors (Lipinski definition) is 7. The Morgan fingerprint density at radius 2 is 2.00 bits per heavy atom. The van der Waals surface area contributed by atoms with E-state index in [9.17, 15) is 9.90 Å². The molecule has 0 unspecified atom stereocenters. The monoisotopic (exact) mass is 388 g/mol. The molecule has 1 fully saturated rings. The quantitative estimate of drug-likeness (QED) is 0.805. The molecule has 2 heterocycles. The van der Waals surface area contributed by atoms with Gasteiger partial charge in [0.15, 0.2) is 11.5 Å². The number of aliphatic hydroxyl groups excluding tert-OH is 1. The molecule has 2 aromatic rings. The molecule has 1 aromatic carbocycles. The molecule has 0 aliphatic carbocycles. The summed E-state index contributed by atoms with van der Waals surface area (Å²) in [4.78, 5) is 19.1. The van der Waals surface area contributed by atoms with E-state index in [4.69, 9.17) is 18.9 Å². The molecule has 1 aromatic heterocycles. The zero-order chi connectivity index (χ0) is 20.1. The molecule has 1 aliphatic rings. The number of carbonyl (C=O) groups excluding carboxylic acids is 1. The predicted molar refractivity (Wildman–Crippen MR) is 101 cm³/mol. The summed E-state index contributed by atoms with van der Waals surface area (Å²) in [5.41, 5.74) is 1.13. The second-order valence-corrected chi connectivity index (χ2v) is 6.21. The molecule has 8 heteroatoms. The van der Waals surface area contributed by atoms with Gasteiger partial charge in [-0.25, -0.2) is 4.98 Å². The molecule has 3 rings (SSSR count). The second-order valence-electron chi connectivity index (χ2n) is 6.21. The fourth-order valence-corrected chi connectivity index (χ4v) is 3.42. The number of aliphatic hydroxyl groups is 1. The van der Waals surface area contributed by atoms with Crippen LogP contribution in [0.5, 0.6) is 17.4 Å². The zero-order valence-electron chi connectivity index (χ0n) is 16.1. The molecule has 1 N–H and O–H groups in total. The lowest BCUT2D eigenvalue weighted by molar-refractivity contribution is -0.0812. The van der Waals surface area contributed by atoms with Crippen molar-refractivity contribution in [2.24, 2.45) is 0 Å². The number of pyridine rings is 1. The van der Waals surface area contributed by atoms with Gasteiger partial charge < -0.3 is 29.0 Å². The molecule has 1 saturated heterocycles. The van der Waals surface area contributed by atoms with Crippen molar-refractivity contribution in [3.05, 3.63) is 47.7 Å². The maximum absolute atomic E-state index is 13.3. The van der Waals surface area contributed by atoms with Gasteiger partial charge in [-0.2, -0.15) is 0 Å². The fraction of sp³-hybridized carbons (Fsp3) is 0.400. The highest BCUT2D eigenvalue weighted by Crippen LogP contribution is 2.36. The van der Waals surface area contributed by atoms with Gasteiger partial charge in [-0.3, -0.25) is 4.79 Å². The van der Waals surface area contributed by atoms with Crippen molar-refractivity contribution in [1.29, 1.82) is 0 Å². The number of methoxy groups -OCH3 is 3. The van der Waals surface area contributed by atoms with Crippen LogP contribution in [-0.2, 0) is 4.74 Å². The maximum Gasteiger partial charge on any atom is 0.260 e. The molecule has 0 spiro atoms. The number of nitrogens with zero attached hydrogens (tertiary/aromatic N) is 2. The molecule has 2 atom stereocenters. The number of aromatic nitrogens is 1. The van der Waals surface area contributed by atoms with E-state index in [1.54, 1.807) is 49.6 Å². The highest BCUT2D eigenvalue weighted by molar-refractivity contribution is 5.96. The summed E-state index contributed by atoms with van der Waals surface area (Å²) >= 11 is 0. The number of ether oxygens (including phenoxy) is 4. The molecule has 0 bridgehead atoms. The molecular formula is C20H24N2O6. The Balaban J connectivity index is 2.03. The molecule has 1 aliphatic heterocycles. The normalized spacial score (nSPS) is 19.2. The Morgan fingerprint density at radius 1 is 1.21 bits per heavy atom. The third-order valence-electron chi connectivity index (χ3n) is 4.74. The van der Waals surface area contributed by atoms with Crippen molar-refractivity contribution >= 4 is 5.91 Å². The van der Waals surface area contributed by atoms with Gasteiger partial charge in [-0.05, 0) is 29.8 Å². The Kier molecular flexibility index (Phi) is 6.33. The smallest absolute Gasteiger partial charge is 0.260 e. The van der Waals surface area contributed by atoms with E-state index in [0.717, 1.165) is 5.56 Å². The SMILES string of the molecule is COc1ccc([C@@H]2[C@@H](CO)OCCN2C(=O)c2cccnc2OC)cc1OC. The first-order chi connectivity index (χ1) is 13.6. The molecule has 8 nitrogen and oxygen atoms in total. The van der Waals surface area contributed by atoms with Gasteiger partial charge in [0, 0.05) is 12.7 Å². The lowest BCUT2D eigenvalue weighted by Gasteiger charge is -2.41. The summed E-state index contributed by atoms with van der Waals surface area (Å²) < 4.78 is 21.7. The van der Waals surface area contributed by atoms with Crippen molar-refractivity contribution in [2.45, 2.75) is 12.1 Å². The summed E-state index contributed by atoms with van der Waals surface area (Å²) in [7, 11) is 4.58. The highest BCUT2D eigenvalue weighted by Gasteiger charge is 2.37. The van der Waals surface area contributed by atoms with Gasteiger partial charge in [0.1, 0.15) is 11.7 Å². The Bertz CT molecular complexity index is 828. The first kappa shape index (κ1) is 19.9. The average molecular weight is 388 g/mol. The van der Waals surface area contributed by atoms with E-state index in [1.807, 2.05) is 6.07 Å². The Morgan fingerprint density at radius 3 is 2.68 bits per heavy atom. The molecule has 28 heavy (non-hydrogen) atoms. The Hall–Kier alpha value is -2.84. The second kappa shape index (κ2) is 8.90. The molecule has 1 amide bonds. The van der Waals surface area contributed by atoms with E-state index in [-0.39, 0.29) is 18.4 Å². The predicted octanol–water partition coefficient (Wildman–Crippen LogP) is 1.68. The van der Waals surface area contributed by atoms with Crippen molar-refractivity contribution in [2.75, 3.05) is 41.1 Å². The van der Waals surface area contributed by atoms with Crippen LogP contribution in [0.15, 0.2) is 36.5 Å². The summed E-state index contributed by atoms with van der Waals surface area (Å²) in [5.74, 6) is 1.13. The summed E-state index contributed by atoms with van der Waals surface area (Å²) in [6.07, 6.45) is 0.996. The van der Waals surface area contributed by atoms with Crippen LogP contribution in [0.2, 0.25) is 0 Å². The fourth-order valence-electron chi connectivity index (χ4n) is 3.42. The first-order valence-corrected chi connectivity index (χ1v) is 8.89. The van der Waals surface area contributed by atoms with E-state index < -0.39 is 12.1 Å². The minimum absolute atomic E-state index is 0.229. The molecule has 0 radical (unpaired) electrons. The van der Waals surface area contributed by atoms with Crippen LogP contribution in [-0.4, -0.2) is 68.1 Å². The average Bonchev–Trinajstić information content (AvgIpc) is 2.77. The van der Waals surface area contributed by atoms with Crippen LogP contribution in [0.25, 0.3) is 0 Å². The van der Waals surface area contributed by atoms with Gasteiger partial charge in [0.05, 0.1) is 40.6 Å². The van der Waals surface area contributed by atoms with Gasteiger partial charge in [0.25, 0.3) is 5.91 Å². The molecule has 0 saturated carbocycles. The number of benzene rings is 1. The minimum Gasteiger partial charge on any atom is -0.493 e. The number of carbonyl (C=O) groups is 1. The number of amides is 1. The number of morpholine rings is 1. The number of hydrogen-bond donors (Lipinski definition) is 1. The van der Waals surface area contributed by atoms with Crippen molar-refractivity contribution in [1.82, 2.24) is 9.88 Å². The number of rotatable bonds is 6. The van der Waals surface area contributed by atoms with Gasteiger partial charge in [0.2, 0.25) is 5.88 Å². The zero-order valence-corrected chi connectivity index (χ0v) is 16.1. The van der Waals surface area contributed by atoms with Crippen LogP contribution in [0.4, 0.5) is 0 Å². The van der Waals surface area contributed by atoms with Gasteiger partial charge in [-0.1, -0.05) is 6.07 Å². The van der Waals surface area contributed by atoms with Crippen molar-refractivity contribution in [3.8, 4) is 17.4 Å². The van der Waals surface area contributed by atoms with Crippen LogP contribution in [0.3, 0.4) is 0 Å². The van der Waals surface area contributed by atoms with Gasteiger partial charge in [-0.15, -0.1) is 0 Å². The summed E-state index contributed by atoms with van der Waals surface area (Å²) in [6.45, 7) is 0.461. The lowest BCUT2D eigenvalue weighted by Crippen LogP contribution is -2.49. The standard InChI is InChI=1S/C20H24N2O6/c1-25-15-7-6-13(11-16(15)26-2)18-17(12-23)28-10-9-22(18)20(24)14-5-4-8-21-19(14)27-3/h4-8,11,17-18,23H,9-10,12H2,1-3H3/t17-,18-/m1/s1. The largest absolute Gasteiger partial charge is 0.493 e. The van der Waals surface area contributed by atoms with Crippen LogP contribution >= 0.6 is 0 Å². The lowest BCUT2D eigenvalue weighted by atomic mass is 9.97. The van der Waals surface area contributed by atoms with Gasteiger partial charge >= 0.3 is 0 Å². The van der Waals surface area contributed by atoms with Crippen LogP contribution in [0.1, 0.15) is 22.0 Å². The van der Waals surface area contributed by atoms with Crippen LogP contribution < -0.4 is 14.2 Å². The minimum atomic E-state index is -0.571. The maximum atomic E-state index is 13.3. The molecule has 150 valence electrons. The highest BCUT2D eigenvalue weighted by atomic mass is 16.5. The summed E-state index contributed by atoms with van der Waals surface area (Å²) in [6, 6.07) is 8.25. The van der Waals surface area contributed by atoms with E-state index in [2.05, 4.69) is 4.98 Å². The van der Waals surface area contributed by atoms with E-state index >= 15 is 0 Å². The third kappa shape index (κ3) is 3.74. The topological polar surface area (TPSA) is 90.4 Å². The third-order valence-corrected chi connectivity index (χ3v) is 4.74.